The lowest BCUT2D eigenvalue weighted by Crippen LogP contribution is -2.49. The summed E-state index contributed by atoms with van der Waals surface area (Å²) in [4.78, 5) is 12.0. The fourth-order valence-electron chi connectivity index (χ4n) is 2.08. The maximum Gasteiger partial charge on any atom is 0.252 e. The van der Waals surface area contributed by atoms with E-state index in [1.54, 1.807) is 25.3 Å². The minimum absolute atomic E-state index is 0.192. The molecule has 0 heterocycles. The van der Waals surface area contributed by atoms with Gasteiger partial charge >= 0.3 is 0 Å². The number of rotatable bonds is 4. The van der Waals surface area contributed by atoms with Crippen LogP contribution >= 0.6 is 11.6 Å². The van der Waals surface area contributed by atoms with Gasteiger partial charge in [0.25, 0.3) is 5.91 Å². The van der Waals surface area contributed by atoms with Crippen molar-refractivity contribution < 1.29 is 9.53 Å². The second kappa shape index (κ2) is 5.16. The Morgan fingerprint density at radius 2 is 2.28 bits per heavy atom. The number of carbonyl (C=O) groups excluding carboxylic acids is 1. The van der Waals surface area contributed by atoms with Crippen molar-refractivity contribution in [1.29, 1.82) is 0 Å². The number of nitrogens with one attached hydrogen (secondary N) is 1. The van der Waals surface area contributed by atoms with Crippen molar-refractivity contribution in [3.8, 4) is 0 Å². The lowest BCUT2D eigenvalue weighted by atomic mass is 9.80. The normalized spacial score (nSPS) is 17.0. The third-order valence-corrected chi connectivity index (χ3v) is 3.83. The molecule has 98 valence electrons. The van der Waals surface area contributed by atoms with Gasteiger partial charge in [0.1, 0.15) is 0 Å². The van der Waals surface area contributed by atoms with Crippen molar-refractivity contribution in [3.63, 3.8) is 0 Å². The third kappa shape index (κ3) is 2.60. The van der Waals surface area contributed by atoms with Crippen LogP contribution in [0.2, 0.25) is 5.02 Å². The number of carbonyl (C=O) groups is 1. The second-order valence-corrected chi connectivity index (χ2v) is 5.07. The van der Waals surface area contributed by atoms with E-state index >= 15 is 0 Å². The molecule has 0 saturated heterocycles. The van der Waals surface area contributed by atoms with Gasteiger partial charge in [-0.15, -0.1) is 0 Å². The highest BCUT2D eigenvalue weighted by Crippen LogP contribution is 2.34. The standard InChI is InChI=1S/C13H17ClN2O2/c1-18-13(5-2-6-13)8-16-12(17)10-7-9(15)3-4-11(10)14/h3-4,7H,2,5-6,8,15H2,1H3,(H,16,17). The molecule has 1 fully saturated rings. The van der Waals surface area contributed by atoms with Crippen molar-refractivity contribution in [1.82, 2.24) is 5.32 Å². The van der Waals surface area contributed by atoms with Gasteiger partial charge in [-0.3, -0.25) is 4.79 Å². The van der Waals surface area contributed by atoms with Gasteiger partial charge in [-0.2, -0.15) is 0 Å². The molecule has 0 unspecified atom stereocenters. The minimum Gasteiger partial charge on any atom is -0.399 e. The Morgan fingerprint density at radius 3 is 2.83 bits per heavy atom. The summed E-state index contributed by atoms with van der Waals surface area (Å²) in [6.07, 6.45) is 3.10. The molecule has 5 heteroatoms. The Hall–Kier alpha value is -1.26. The largest absolute Gasteiger partial charge is 0.399 e. The van der Waals surface area contributed by atoms with Crippen LogP contribution in [0.5, 0.6) is 0 Å². The van der Waals surface area contributed by atoms with E-state index < -0.39 is 0 Å². The molecule has 1 aromatic carbocycles. The lowest BCUT2D eigenvalue weighted by Gasteiger charge is -2.40. The SMILES string of the molecule is COC1(CNC(=O)c2cc(N)ccc2Cl)CCC1. The first-order valence-electron chi connectivity index (χ1n) is 5.95. The van der Waals surface area contributed by atoms with Crippen LogP contribution in [-0.2, 0) is 4.74 Å². The summed E-state index contributed by atoms with van der Waals surface area (Å²) in [5.74, 6) is -0.212. The number of hydrogen-bond acceptors (Lipinski definition) is 3. The van der Waals surface area contributed by atoms with Crippen LogP contribution in [0, 0.1) is 0 Å². The monoisotopic (exact) mass is 268 g/mol. The quantitative estimate of drug-likeness (QED) is 0.823. The molecular formula is C13H17ClN2O2. The number of benzene rings is 1. The molecular weight excluding hydrogens is 252 g/mol. The summed E-state index contributed by atoms with van der Waals surface area (Å²) in [6.45, 7) is 0.507. The van der Waals surface area contributed by atoms with Gasteiger partial charge in [-0.25, -0.2) is 0 Å². The van der Waals surface area contributed by atoms with Crippen LogP contribution in [0.1, 0.15) is 29.6 Å². The summed E-state index contributed by atoms with van der Waals surface area (Å²) >= 11 is 5.98. The zero-order chi connectivity index (χ0) is 13.2. The Morgan fingerprint density at radius 1 is 1.56 bits per heavy atom. The summed E-state index contributed by atoms with van der Waals surface area (Å²) in [6, 6.07) is 4.88. The summed E-state index contributed by atoms with van der Waals surface area (Å²) in [7, 11) is 1.68. The highest BCUT2D eigenvalue weighted by Gasteiger charge is 2.37. The number of amides is 1. The molecule has 1 saturated carbocycles. The van der Waals surface area contributed by atoms with Crippen molar-refractivity contribution in [2.45, 2.75) is 24.9 Å². The third-order valence-electron chi connectivity index (χ3n) is 3.50. The van der Waals surface area contributed by atoms with E-state index in [1.807, 2.05) is 0 Å². The molecule has 2 rings (SSSR count). The molecule has 0 aliphatic heterocycles. The minimum atomic E-state index is -0.212. The second-order valence-electron chi connectivity index (χ2n) is 4.66. The summed E-state index contributed by atoms with van der Waals surface area (Å²) in [5.41, 5.74) is 6.38. The van der Waals surface area contributed by atoms with Crippen molar-refractivity contribution in [3.05, 3.63) is 28.8 Å². The Balaban J connectivity index is 2.01. The molecule has 18 heavy (non-hydrogen) atoms. The molecule has 0 aromatic heterocycles. The molecule has 0 atom stereocenters. The summed E-state index contributed by atoms with van der Waals surface area (Å²) in [5, 5.41) is 3.26. The molecule has 1 aromatic rings. The molecule has 0 spiro atoms. The van der Waals surface area contributed by atoms with E-state index in [0.717, 1.165) is 19.3 Å². The average Bonchev–Trinajstić information content (AvgIpc) is 2.31. The topological polar surface area (TPSA) is 64.3 Å². The summed E-state index contributed by atoms with van der Waals surface area (Å²) < 4.78 is 5.44. The van der Waals surface area contributed by atoms with Gasteiger partial charge in [0, 0.05) is 19.3 Å². The van der Waals surface area contributed by atoms with E-state index in [4.69, 9.17) is 22.1 Å². The molecule has 1 aliphatic carbocycles. The smallest absolute Gasteiger partial charge is 0.252 e. The zero-order valence-corrected chi connectivity index (χ0v) is 11.1. The number of nitrogens with two attached hydrogens (primary N) is 1. The van der Waals surface area contributed by atoms with E-state index in [-0.39, 0.29) is 11.5 Å². The first-order chi connectivity index (χ1) is 8.56. The van der Waals surface area contributed by atoms with E-state index in [9.17, 15) is 4.79 Å². The van der Waals surface area contributed by atoms with Crippen molar-refractivity contribution in [2.24, 2.45) is 0 Å². The highest BCUT2D eigenvalue weighted by atomic mass is 35.5. The predicted molar refractivity (Wildman–Crippen MR) is 71.8 cm³/mol. The van der Waals surface area contributed by atoms with E-state index in [2.05, 4.69) is 5.32 Å². The van der Waals surface area contributed by atoms with Crippen LogP contribution in [-0.4, -0.2) is 25.2 Å². The van der Waals surface area contributed by atoms with Gasteiger partial charge in [0.05, 0.1) is 16.2 Å². The van der Waals surface area contributed by atoms with Gasteiger partial charge in [0.2, 0.25) is 0 Å². The van der Waals surface area contributed by atoms with Crippen molar-refractivity contribution >= 4 is 23.2 Å². The maximum atomic E-state index is 12.0. The van der Waals surface area contributed by atoms with Gasteiger partial charge in [-0.05, 0) is 37.5 Å². The van der Waals surface area contributed by atoms with Gasteiger partial charge in [-0.1, -0.05) is 11.6 Å². The Bertz CT molecular complexity index is 453. The van der Waals surface area contributed by atoms with Gasteiger partial charge < -0.3 is 15.8 Å². The molecule has 0 radical (unpaired) electrons. The molecule has 4 nitrogen and oxygen atoms in total. The molecule has 0 bridgehead atoms. The van der Waals surface area contributed by atoms with Crippen molar-refractivity contribution in [2.75, 3.05) is 19.4 Å². The molecule has 1 amide bonds. The fourth-order valence-corrected chi connectivity index (χ4v) is 2.28. The Labute approximate surface area is 111 Å². The van der Waals surface area contributed by atoms with Gasteiger partial charge in [0.15, 0.2) is 0 Å². The maximum absolute atomic E-state index is 12.0. The molecule has 3 N–H and O–H groups in total. The number of methoxy groups -OCH3 is 1. The number of hydrogen-bond donors (Lipinski definition) is 2. The molecule has 1 aliphatic rings. The number of nitrogen functional groups attached to an aromatic ring is 1. The number of anilines is 1. The van der Waals surface area contributed by atoms with Crippen LogP contribution in [0.25, 0.3) is 0 Å². The van der Waals surface area contributed by atoms with Crippen LogP contribution in [0.15, 0.2) is 18.2 Å². The zero-order valence-electron chi connectivity index (χ0n) is 10.3. The lowest BCUT2D eigenvalue weighted by molar-refractivity contribution is -0.0679. The fraction of sp³-hybridized carbons (Fsp3) is 0.462. The predicted octanol–water partition coefficient (Wildman–Crippen LogP) is 2.22. The van der Waals surface area contributed by atoms with Crippen LogP contribution < -0.4 is 11.1 Å². The average molecular weight is 269 g/mol. The van der Waals surface area contributed by atoms with E-state index in [1.165, 1.54) is 0 Å². The highest BCUT2D eigenvalue weighted by molar-refractivity contribution is 6.34. The first kappa shape index (κ1) is 13.2. The number of halogens is 1. The number of ether oxygens (including phenoxy) is 1. The van der Waals surface area contributed by atoms with Crippen LogP contribution in [0.3, 0.4) is 0 Å². The first-order valence-corrected chi connectivity index (χ1v) is 6.32. The van der Waals surface area contributed by atoms with E-state index in [0.29, 0.717) is 22.8 Å². The van der Waals surface area contributed by atoms with Crippen LogP contribution in [0.4, 0.5) is 5.69 Å². The Kier molecular flexibility index (Phi) is 3.78.